The van der Waals surface area contributed by atoms with Crippen LogP contribution in [0, 0.1) is 4.64 Å². The van der Waals surface area contributed by atoms with Crippen LogP contribution in [0.15, 0.2) is 60.7 Å². The number of quaternary nitrogens is 1. The summed E-state index contributed by atoms with van der Waals surface area (Å²) in [4.78, 5) is 0. The Hall–Kier alpha value is -2.43. The molecule has 2 aromatic carbocycles. The normalized spacial score (nSPS) is 11.7. The van der Waals surface area contributed by atoms with Crippen molar-refractivity contribution >= 4 is 25.0 Å². The van der Waals surface area contributed by atoms with Gasteiger partial charge in [0.25, 0.3) is 0 Å². The second-order valence-corrected chi connectivity index (χ2v) is 5.46. The maximum atomic E-state index is 5.57. The first-order valence-corrected chi connectivity index (χ1v) is 7.59. The molecule has 0 saturated carbocycles. The van der Waals surface area contributed by atoms with E-state index in [2.05, 4.69) is 29.1 Å². The van der Waals surface area contributed by atoms with Crippen LogP contribution in [0.25, 0.3) is 18.5 Å². The number of nitrogens with two attached hydrogens (primary N) is 1. The fraction of sp³-hybridized carbons (Fsp3) is 0.0556. The molecule has 0 fully saturated rings. The zero-order valence-corrected chi connectivity index (χ0v) is 13.0. The summed E-state index contributed by atoms with van der Waals surface area (Å²) < 4.78 is 2.64. The van der Waals surface area contributed by atoms with Crippen molar-refractivity contribution in [3.8, 4) is 5.69 Å². The number of hydrogen-bond acceptors (Lipinski definition) is 1. The average molecular weight is 308 g/mol. The first-order chi connectivity index (χ1) is 10.8. The molecule has 0 saturated heterocycles. The van der Waals surface area contributed by atoms with Crippen molar-refractivity contribution in [1.29, 1.82) is 0 Å². The van der Waals surface area contributed by atoms with Crippen LogP contribution in [0.4, 0.5) is 0 Å². The summed E-state index contributed by atoms with van der Waals surface area (Å²) in [6, 6.07) is 20.4. The first-order valence-electron chi connectivity index (χ1n) is 7.18. The van der Waals surface area contributed by atoms with E-state index in [1.165, 1.54) is 5.56 Å². The van der Waals surface area contributed by atoms with Crippen LogP contribution in [0.3, 0.4) is 0 Å². The van der Waals surface area contributed by atoms with Crippen molar-refractivity contribution in [2.45, 2.75) is 6.54 Å². The van der Waals surface area contributed by atoms with Gasteiger partial charge in [-0.15, -0.1) is 0 Å². The van der Waals surface area contributed by atoms with Gasteiger partial charge in [-0.05, 0) is 12.1 Å². The number of nitrogens with one attached hydrogen (secondary N) is 1. The highest BCUT2D eigenvalue weighted by Crippen LogP contribution is 2.02. The number of H-pyrrole nitrogens is 1. The maximum Gasteiger partial charge on any atom is 0.140 e. The van der Waals surface area contributed by atoms with E-state index in [4.69, 9.17) is 12.2 Å². The number of benzene rings is 2. The lowest BCUT2D eigenvalue weighted by Crippen LogP contribution is -2.76. The molecule has 3 N–H and O–H groups in total. The van der Waals surface area contributed by atoms with Gasteiger partial charge in [0, 0.05) is 5.56 Å². The van der Waals surface area contributed by atoms with Crippen LogP contribution in [-0.2, 0) is 6.54 Å². The van der Waals surface area contributed by atoms with E-state index in [9.17, 15) is 0 Å². The van der Waals surface area contributed by atoms with Gasteiger partial charge in [0.15, 0.2) is 0 Å². The zero-order valence-electron chi connectivity index (χ0n) is 12.2. The van der Waals surface area contributed by atoms with Crippen LogP contribution < -0.4 is 15.9 Å². The van der Waals surface area contributed by atoms with Gasteiger partial charge in [-0.1, -0.05) is 67.3 Å². The number of aromatic amines is 1. The third kappa shape index (κ3) is 3.08. The van der Waals surface area contributed by atoms with Crippen LogP contribution in [0.2, 0.25) is 0 Å². The van der Waals surface area contributed by atoms with E-state index < -0.39 is 0 Å². The topological polar surface area (TPSA) is 37.3 Å². The second-order valence-electron chi connectivity index (χ2n) is 5.07. The lowest BCUT2D eigenvalue weighted by atomic mass is 10.2. The largest absolute Gasteiger partial charge is 0.316 e. The molecule has 3 nitrogen and oxygen atoms in total. The van der Waals surface area contributed by atoms with Gasteiger partial charge in [0.05, 0.1) is 16.3 Å². The predicted molar refractivity (Wildman–Crippen MR) is 92.3 cm³/mol. The molecule has 1 heterocycles. The Labute approximate surface area is 134 Å². The monoisotopic (exact) mass is 308 g/mol. The molecular weight excluding hydrogens is 290 g/mol. The van der Waals surface area contributed by atoms with Crippen molar-refractivity contribution < 1.29 is 5.32 Å². The number of para-hydroxylation sites is 1. The molecule has 0 amide bonds. The van der Waals surface area contributed by atoms with Crippen LogP contribution in [-0.4, -0.2) is 9.78 Å². The highest BCUT2D eigenvalue weighted by Gasteiger charge is 2.01. The lowest BCUT2D eigenvalue weighted by molar-refractivity contribution is -0.570. The molecule has 4 heteroatoms. The molecule has 3 rings (SSSR count). The van der Waals surface area contributed by atoms with Crippen molar-refractivity contribution in [2.75, 3.05) is 0 Å². The van der Waals surface area contributed by atoms with E-state index in [-0.39, 0.29) is 0 Å². The maximum absolute atomic E-state index is 5.57. The van der Waals surface area contributed by atoms with E-state index in [0.717, 1.165) is 27.4 Å². The molecule has 0 aliphatic carbocycles. The second kappa shape index (κ2) is 6.56. The Morgan fingerprint density at radius 2 is 1.68 bits per heavy atom. The van der Waals surface area contributed by atoms with Crippen LogP contribution >= 0.6 is 12.2 Å². The fourth-order valence-electron chi connectivity index (χ4n) is 2.35. The molecule has 0 unspecified atom stereocenters. The molecule has 1 aromatic heterocycles. The highest BCUT2D eigenvalue weighted by molar-refractivity contribution is 7.71. The number of nitrogens with zero attached hydrogens (tertiary/aromatic N) is 1. The van der Waals surface area contributed by atoms with Crippen molar-refractivity contribution in [1.82, 2.24) is 9.78 Å². The molecule has 22 heavy (non-hydrogen) atoms. The molecule has 3 aromatic rings. The van der Waals surface area contributed by atoms with Crippen molar-refractivity contribution in [3.05, 3.63) is 81.4 Å². The third-order valence-electron chi connectivity index (χ3n) is 3.50. The first kappa shape index (κ1) is 14.5. The smallest absolute Gasteiger partial charge is 0.140 e. The van der Waals surface area contributed by atoms with Gasteiger partial charge in [-0.25, -0.2) is 4.68 Å². The Kier molecular flexibility index (Phi) is 4.32. The number of aromatic nitrogens is 2. The summed E-state index contributed by atoms with van der Waals surface area (Å²) in [6.07, 6.45) is 2.05. The molecule has 0 bridgehead atoms. The Morgan fingerprint density at radius 1 is 1.05 bits per heavy atom. The van der Waals surface area contributed by atoms with E-state index in [1.54, 1.807) is 0 Å². The lowest BCUT2D eigenvalue weighted by Gasteiger charge is -2.00. The molecule has 110 valence electrons. The quantitative estimate of drug-likeness (QED) is 0.703. The Balaban J connectivity index is 1.89. The molecular formula is C18H18N3S+. The minimum atomic E-state index is 0.750. The minimum absolute atomic E-state index is 0.750. The van der Waals surface area contributed by atoms with Gasteiger partial charge in [0.2, 0.25) is 0 Å². The van der Waals surface area contributed by atoms with Crippen molar-refractivity contribution in [3.63, 3.8) is 0 Å². The summed E-state index contributed by atoms with van der Waals surface area (Å²) in [5.41, 5.74) is 2.29. The molecule has 0 atom stereocenters. The zero-order chi connectivity index (χ0) is 15.4. The van der Waals surface area contributed by atoms with Gasteiger partial charge < -0.3 is 5.32 Å². The summed E-state index contributed by atoms with van der Waals surface area (Å²) in [5, 5.41) is 7.15. The van der Waals surface area contributed by atoms with Crippen molar-refractivity contribution in [2.24, 2.45) is 0 Å². The van der Waals surface area contributed by atoms with Gasteiger partial charge in [-0.2, -0.15) is 0 Å². The van der Waals surface area contributed by atoms with Crippen LogP contribution in [0.1, 0.15) is 5.56 Å². The molecule has 0 spiro atoms. The number of hydrogen-bond donors (Lipinski definition) is 2. The minimum Gasteiger partial charge on any atom is -0.316 e. The number of rotatable bonds is 4. The predicted octanol–water partition coefficient (Wildman–Crippen LogP) is 1.45. The summed E-state index contributed by atoms with van der Waals surface area (Å²) in [7, 11) is 0. The SMILES string of the molecule is C=c1[nH]n(-c2ccccc2)c(=S)/c1=C\[NH2+]Cc1ccccc1. The van der Waals surface area contributed by atoms with Crippen LogP contribution in [0.5, 0.6) is 0 Å². The molecule has 0 aliphatic rings. The fourth-order valence-corrected chi connectivity index (χ4v) is 2.70. The average Bonchev–Trinajstić information content (AvgIpc) is 2.85. The van der Waals surface area contributed by atoms with E-state index in [0.29, 0.717) is 0 Å². The molecule has 0 aliphatic heterocycles. The van der Waals surface area contributed by atoms with Gasteiger partial charge in [-0.3, -0.25) is 5.10 Å². The van der Waals surface area contributed by atoms with Gasteiger partial charge >= 0.3 is 0 Å². The summed E-state index contributed by atoms with van der Waals surface area (Å²) in [6.45, 7) is 4.94. The van der Waals surface area contributed by atoms with Gasteiger partial charge in [0.1, 0.15) is 17.4 Å². The standard InChI is InChI=1S/C18H17N3S/c1-14-17(13-19-12-15-8-4-2-5-9-15)18(22)21(20-14)16-10-6-3-7-11-16/h2-11,13,19-20H,1,12H2/p+1/b17-13-. The van der Waals surface area contributed by atoms with E-state index in [1.807, 2.05) is 59.4 Å². The third-order valence-corrected chi connectivity index (χ3v) is 3.90. The summed E-state index contributed by atoms with van der Waals surface area (Å²) >= 11 is 5.57. The Bertz CT molecular complexity index is 908. The van der Waals surface area contributed by atoms with E-state index >= 15 is 0 Å². The molecule has 0 radical (unpaired) electrons. The Morgan fingerprint density at radius 3 is 2.36 bits per heavy atom. The highest BCUT2D eigenvalue weighted by atomic mass is 32.1. The summed E-state index contributed by atoms with van der Waals surface area (Å²) in [5.74, 6) is 0.